The van der Waals surface area contributed by atoms with Crippen LogP contribution >= 0.6 is 0 Å². The summed E-state index contributed by atoms with van der Waals surface area (Å²) in [5.41, 5.74) is 0.523. The van der Waals surface area contributed by atoms with Gasteiger partial charge in [0.05, 0.1) is 6.10 Å². The van der Waals surface area contributed by atoms with Gasteiger partial charge in [-0.3, -0.25) is 0 Å². The molecular weight excluding hydrogens is 138 g/mol. The monoisotopic (exact) mass is 157 g/mol. The fourth-order valence-electron chi connectivity index (χ4n) is 1.22. The Bertz CT molecular complexity index is 130. The maximum absolute atomic E-state index is 9.02. The summed E-state index contributed by atoms with van der Waals surface area (Å²) in [6.45, 7) is 7.04. The van der Waals surface area contributed by atoms with Gasteiger partial charge in [0.1, 0.15) is 0 Å². The number of aliphatic hydroxyl groups excluding tert-OH is 1. The maximum Gasteiger partial charge on any atom is 0.0636 e. The second kappa shape index (κ2) is 3.11. The lowest BCUT2D eigenvalue weighted by Crippen LogP contribution is -2.37. The van der Waals surface area contributed by atoms with Crippen LogP contribution in [0.1, 0.15) is 33.6 Å². The first-order valence-electron chi connectivity index (χ1n) is 4.46. The lowest BCUT2D eigenvalue weighted by molar-refractivity contribution is 0.180. The molecular formula is C9H19NO. The van der Waals surface area contributed by atoms with Crippen molar-refractivity contribution in [1.29, 1.82) is 0 Å². The van der Waals surface area contributed by atoms with E-state index in [1.165, 1.54) is 12.8 Å². The van der Waals surface area contributed by atoms with Gasteiger partial charge in [-0.05, 0) is 32.1 Å². The molecule has 2 atom stereocenters. The van der Waals surface area contributed by atoms with Gasteiger partial charge in [-0.1, -0.05) is 6.92 Å². The highest BCUT2D eigenvalue weighted by Gasteiger charge is 2.42. The molecule has 0 bridgehead atoms. The van der Waals surface area contributed by atoms with Crippen molar-refractivity contribution in [3.8, 4) is 0 Å². The number of hydrogen-bond acceptors (Lipinski definition) is 2. The summed E-state index contributed by atoms with van der Waals surface area (Å²) in [5, 5.41) is 12.4. The van der Waals surface area contributed by atoms with Crippen molar-refractivity contribution in [1.82, 2.24) is 5.32 Å². The van der Waals surface area contributed by atoms with Crippen LogP contribution in [0.25, 0.3) is 0 Å². The van der Waals surface area contributed by atoms with E-state index in [1.54, 1.807) is 0 Å². The quantitative estimate of drug-likeness (QED) is 0.641. The highest BCUT2D eigenvalue weighted by Crippen LogP contribution is 2.47. The highest BCUT2D eigenvalue weighted by atomic mass is 16.3. The van der Waals surface area contributed by atoms with Crippen LogP contribution in [-0.4, -0.2) is 23.8 Å². The molecule has 2 heteroatoms. The van der Waals surface area contributed by atoms with E-state index in [0.29, 0.717) is 11.5 Å². The number of hydrogen-bond donors (Lipinski definition) is 2. The molecule has 2 unspecified atom stereocenters. The Morgan fingerprint density at radius 2 is 2.00 bits per heavy atom. The smallest absolute Gasteiger partial charge is 0.0636 e. The van der Waals surface area contributed by atoms with E-state index in [1.807, 2.05) is 6.92 Å². The predicted molar refractivity (Wildman–Crippen MR) is 46.5 cm³/mol. The van der Waals surface area contributed by atoms with E-state index < -0.39 is 0 Å². The summed E-state index contributed by atoms with van der Waals surface area (Å²) in [4.78, 5) is 0. The minimum atomic E-state index is -0.222. The summed E-state index contributed by atoms with van der Waals surface area (Å²) in [6.07, 6.45) is 2.45. The van der Waals surface area contributed by atoms with Gasteiger partial charge in [0, 0.05) is 12.6 Å². The molecule has 0 amide bonds. The molecule has 2 nitrogen and oxygen atoms in total. The van der Waals surface area contributed by atoms with Crippen molar-refractivity contribution < 1.29 is 5.11 Å². The zero-order valence-electron chi connectivity index (χ0n) is 7.72. The summed E-state index contributed by atoms with van der Waals surface area (Å²) in [7, 11) is 0. The zero-order valence-corrected chi connectivity index (χ0v) is 7.72. The molecule has 0 aromatic carbocycles. The Labute approximate surface area is 69.0 Å². The molecule has 1 aliphatic rings. The van der Waals surface area contributed by atoms with E-state index in [0.717, 1.165) is 6.54 Å². The van der Waals surface area contributed by atoms with Crippen molar-refractivity contribution >= 4 is 0 Å². The largest absolute Gasteiger partial charge is 0.392 e. The molecule has 66 valence electrons. The van der Waals surface area contributed by atoms with Gasteiger partial charge < -0.3 is 10.4 Å². The Morgan fingerprint density at radius 1 is 1.45 bits per heavy atom. The third kappa shape index (κ3) is 2.46. The number of aliphatic hydroxyl groups is 1. The third-order valence-corrected chi connectivity index (χ3v) is 2.80. The van der Waals surface area contributed by atoms with E-state index in [2.05, 4.69) is 19.2 Å². The van der Waals surface area contributed by atoms with Crippen LogP contribution < -0.4 is 5.32 Å². The van der Waals surface area contributed by atoms with E-state index >= 15 is 0 Å². The molecule has 0 heterocycles. The van der Waals surface area contributed by atoms with E-state index in [4.69, 9.17) is 5.11 Å². The minimum absolute atomic E-state index is 0.222. The molecule has 0 aliphatic heterocycles. The van der Waals surface area contributed by atoms with Crippen LogP contribution in [-0.2, 0) is 0 Å². The van der Waals surface area contributed by atoms with Gasteiger partial charge >= 0.3 is 0 Å². The number of nitrogens with one attached hydrogen (secondary N) is 1. The van der Waals surface area contributed by atoms with Crippen LogP contribution in [0.3, 0.4) is 0 Å². The molecule has 1 fully saturated rings. The van der Waals surface area contributed by atoms with Gasteiger partial charge in [0.15, 0.2) is 0 Å². The topological polar surface area (TPSA) is 32.3 Å². The second-order valence-corrected chi connectivity index (χ2v) is 4.13. The Balaban J connectivity index is 2.16. The molecule has 0 aromatic rings. The predicted octanol–water partition coefficient (Wildman–Crippen LogP) is 1.15. The molecule has 0 radical (unpaired) electrons. The normalized spacial score (nSPS) is 26.2. The van der Waals surface area contributed by atoms with E-state index in [9.17, 15) is 0 Å². The average Bonchev–Trinajstić information content (AvgIpc) is 2.64. The zero-order chi connectivity index (χ0) is 8.48. The molecule has 11 heavy (non-hydrogen) atoms. The van der Waals surface area contributed by atoms with Gasteiger partial charge in [-0.25, -0.2) is 0 Å². The third-order valence-electron chi connectivity index (χ3n) is 2.80. The fourth-order valence-corrected chi connectivity index (χ4v) is 1.22. The van der Waals surface area contributed by atoms with Gasteiger partial charge in [-0.15, -0.1) is 0 Å². The molecule has 1 rings (SSSR count). The van der Waals surface area contributed by atoms with Crippen LogP contribution in [0.5, 0.6) is 0 Å². The second-order valence-electron chi connectivity index (χ2n) is 4.13. The molecule has 1 saturated carbocycles. The summed E-state index contributed by atoms with van der Waals surface area (Å²) < 4.78 is 0. The first-order valence-corrected chi connectivity index (χ1v) is 4.46. The summed E-state index contributed by atoms with van der Waals surface area (Å²) in [6, 6.07) is 0.553. The lowest BCUT2D eigenvalue weighted by Gasteiger charge is -2.21. The summed E-state index contributed by atoms with van der Waals surface area (Å²) >= 11 is 0. The van der Waals surface area contributed by atoms with Crippen LogP contribution in [0.2, 0.25) is 0 Å². The molecule has 0 aromatic heterocycles. The van der Waals surface area contributed by atoms with Gasteiger partial charge in [0.2, 0.25) is 0 Å². The molecule has 0 spiro atoms. The van der Waals surface area contributed by atoms with Crippen LogP contribution in [0, 0.1) is 5.41 Å². The Kier molecular flexibility index (Phi) is 2.55. The fraction of sp³-hybridized carbons (Fsp3) is 1.00. The Hall–Kier alpha value is -0.0800. The lowest BCUT2D eigenvalue weighted by atomic mass is 10.0. The van der Waals surface area contributed by atoms with Crippen molar-refractivity contribution in [2.45, 2.75) is 45.8 Å². The van der Waals surface area contributed by atoms with E-state index in [-0.39, 0.29) is 6.10 Å². The molecule has 1 aliphatic carbocycles. The minimum Gasteiger partial charge on any atom is -0.392 e. The SMILES string of the molecule is CC(O)CNC(C)C1(C)CC1. The molecule has 0 saturated heterocycles. The van der Waals surface area contributed by atoms with Crippen molar-refractivity contribution in [2.75, 3.05) is 6.54 Å². The van der Waals surface area contributed by atoms with Crippen molar-refractivity contribution in [2.24, 2.45) is 5.41 Å². The highest BCUT2D eigenvalue weighted by molar-refractivity contribution is 4.96. The first-order chi connectivity index (χ1) is 5.04. The van der Waals surface area contributed by atoms with Crippen molar-refractivity contribution in [3.05, 3.63) is 0 Å². The Morgan fingerprint density at radius 3 is 2.36 bits per heavy atom. The first kappa shape index (κ1) is 9.01. The molecule has 2 N–H and O–H groups in total. The van der Waals surface area contributed by atoms with Crippen LogP contribution in [0.15, 0.2) is 0 Å². The van der Waals surface area contributed by atoms with Gasteiger partial charge in [0.25, 0.3) is 0 Å². The van der Waals surface area contributed by atoms with Crippen LogP contribution in [0.4, 0.5) is 0 Å². The standard InChI is InChI=1S/C9H19NO/c1-7(11)6-10-8(2)9(3)4-5-9/h7-8,10-11H,4-6H2,1-3H3. The number of rotatable bonds is 4. The summed E-state index contributed by atoms with van der Waals surface area (Å²) in [5.74, 6) is 0. The van der Waals surface area contributed by atoms with Gasteiger partial charge in [-0.2, -0.15) is 0 Å². The van der Waals surface area contributed by atoms with Crippen molar-refractivity contribution in [3.63, 3.8) is 0 Å². The average molecular weight is 157 g/mol. The maximum atomic E-state index is 9.02.